The molecule has 1 aliphatic carbocycles. The van der Waals surface area contributed by atoms with E-state index in [0.29, 0.717) is 17.2 Å². The molecule has 4 N–H and O–H groups in total. The van der Waals surface area contributed by atoms with Gasteiger partial charge in [-0.05, 0) is 43.5 Å². The molecule has 1 aliphatic rings. The van der Waals surface area contributed by atoms with Gasteiger partial charge >= 0.3 is 0 Å². The Kier molecular flexibility index (Phi) is 5.37. The smallest absolute Gasteiger partial charge is 0.248 e. The molecule has 2 heterocycles. The molecule has 8 nitrogen and oxygen atoms in total. The van der Waals surface area contributed by atoms with Gasteiger partial charge in [-0.15, -0.1) is 5.10 Å². The first-order valence-corrected chi connectivity index (χ1v) is 9.63. The van der Waals surface area contributed by atoms with Crippen molar-refractivity contribution < 1.29 is 9.53 Å². The minimum Gasteiger partial charge on any atom is -0.380 e. The number of carbonyl (C=O) groups is 1. The molecular weight excluding hydrogens is 368 g/mol. The van der Waals surface area contributed by atoms with Crippen molar-refractivity contribution in [3.05, 3.63) is 60.0 Å². The number of amides is 1. The number of aromatic nitrogens is 4. The van der Waals surface area contributed by atoms with E-state index in [0.717, 1.165) is 30.7 Å². The van der Waals surface area contributed by atoms with E-state index >= 15 is 0 Å². The third-order valence-electron chi connectivity index (χ3n) is 5.44. The van der Waals surface area contributed by atoms with Gasteiger partial charge in [0.1, 0.15) is 5.82 Å². The number of nitrogens with two attached hydrogens (primary N) is 2. The second-order valence-corrected chi connectivity index (χ2v) is 7.28. The zero-order valence-electron chi connectivity index (χ0n) is 16.2. The van der Waals surface area contributed by atoms with Crippen LogP contribution < -0.4 is 11.5 Å². The Morgan fingerprint density at radius 3 is 2.62 bits per heavy atom. The van der Waals surface area contributed by atoms with Crippen LogP contribution in [-0.4, -0.2) is 44.9 Å². The molecule has 4 rings (SSSR count). The number of carbonyl (C=O) groups excluding carboxylic acids is 1. The van der Waals surface area contributed by atoms with Gasteiger partial charge in [-0.2, -0.15) is 4.68 Å². The van der Waals surface area contributed by atoms with Crippen LogP contribution in [0, 0.1) is 0 Å². The highest BCUT2D eigenvalue weighted by molar-refractivity contribution is 5.93. The van der Waals surface area contributed by atoms with Crippen LogP contribution in [0.5, 0.6) is 0 Å². The Balaban J connectivity index is 1.74. The molecule has 1 saturated carbocycles. The zero-order chi connectivity index (χ0) is 20.4. The van der Waals surface area contributed by atoms with Gasteiger partial charge in [0, 0.05) is 36.4 Å². The van der Waals surface area contributed by atoms with Crippen LogP contribution in [0.1, 0.15) is 41.4 Å². The number of hydrogen-bond donors (Lipinski definition) is 2. The lowest BCUT2D eigenvalue weighted by molar-refractivity contribution is 0.0459. The van der Waals surface area contributed by atoms with E-state index < -0.39 is 5.91 Å². The fourth-order valence-corrected chi connectivity index (χ4v) is 3.80. The van der Waals surface area contributed by atoms with Gasteiger partial charge < -0.3 is 16.2 Å². The predicted octanol–water partition coefficient (Wildman–Crippen LogP) is 2.04. The third kappa shape index (κ3) is 3.90. The zero-order valence-corrected chi connectivity index (χ0v) is 16.2. The number of ether oxygens (including phenoxy) is 1. The maximum atomic E-state index is 11.3. The van der Waals surface area contributed by atoms with Gasteiger partial charge in [-0.25, -0.2) is 9.97 Å². The summed E-state index contributed by atoms with van der Waals surface area (Å²) in [5, 5.41) is 4.73. The molecule has 0 spiro atoms. The summed E-state index contributed by atoms with van der Waals surface area (Å²) in [4.78, 5) is 20.6. The molecule has 2 aromatic heterocycles. The molecule has 0 aliphatic heterocycles. The van der Waals surface area contributed by atoms with E-state index in [9.17, 15) is 4.79 Å². The van der Waals surface area contributed by atoms with Crippen LogP contribution in [0.3, 0.4) is 0 Å². The number of rotatable bonds is 5. The molecule has 0 unspecified atom stereocenters. The van der Waals surface area contributed by atoms with Crippen molar-refractivity contribution in [1.82, 2.24) is 19.7 Å². The Bertz CT molecular complexity index is 986. The minimum absolute atomic E-state index is 0.0130. The molecule has 150 valence electrons. The van der Waals surface area contributed by atoms with Gasteiger partial charge in [0.15, 0.2) is 11.6 Å². The number of benzene rings is 1. The molecule has 3 aromatic rings. The Hall–Kier alpha value is -3.10. The van der Waals surface area contributed by atoms with Crippen molar-refractivity contribution in [2.24, 2.45) is 11.5 Å². The summed E-state index contributed by atoms with van der Waals surface area (Å²) in [7, 11) is 1.70. The van der Waals surface area contributed by atoms with Gasteiger partial charge in [-0.3, -0.25) is 4.79 Å². The number of hydrogen-bond acceptors (Lipinski definition) is 6. The van der Waals surface area contributed by atoms with Crippen molar-refractivity contribution in [2.75, 3.05) is 7.11 Å². The van der Waals surface area contributed by atoms with Crippen LogP contribution in [0.25, 0.3) is 17.2 Å². The second kappa shape index (κ2) is 8.10. The van der Waals surface area contributed by atoms with Crippen LogP contribution in [-0.2, 0) is 4.74 Å². The molecule has 3 atom stereocenters. The number of methoxy groups -OCH3 is 1. The lowest BCUT2D eigenvalue weighted by atomic mass is 9.83. The average molecular weight is 392 g/mol. The Morgan fingerprint density at radius 2 is 1.97 bits per heavy atom. The van der Waals surface area contributed by atoms with Crippen molar-refractivity contribution in [2.45, 2.75) is 37.3 Å². The fraction of sp³-hybridized carbons (Fsp3) is 0.333. The fourth-order valence-electron chi connectivity index (χ4n) is 3.80. The summed E-state index contributed by atoms with van der Waals surface area (Å²) >= 11 is 0. The second-order valence-electron chi connectivity index (χ2n) is 7.28. The normalized spacial score (nSPS) is 21.8. The first kappa shape index (κ1) is 19.2. The summed E-state index contributed by atoms with van der Waals surface area (Å²) in [6.45, 7) is 0. The molecule has 29 heavy (non-hydrogen) atoms. The van der Waals surface area contributed by atoms with Crippen LogP contribution >= 0.6 is 0 Å². The first-order chi connectivity index (χ1) is 14.1. The van der Waals surface area contributed by atoms with Crippen LogP contribution in [0.15, 0.2) is 48.7 Å². The third-order valence-corrected chi connectivity index (χ3v) is 5.44. The highest BCUT2D eigenvalue weighted by Crippen LogP contribution is 2.34. The summed E-state index contributed by atoms with van der Waals surface area (Å²) < 4.78 is 7.38. The first-order valence-electron chi connectivity index (χ1n) is 9.63. The van der Waals surface area contributed by atoms with Gasteiger partial charge in [0.2, 0.25) is 5.91 Å². The van der Waals surface area contributed by atoms with Gasteiger partial charge in [-0.1, -0.05) is 18.2 Å². The standard InChI is InChI=1S/C21H24N6O2/c1-29-17-12-15(9-10-16(17)22)21-25-20(14-7-5-13(6-8-14)19(23)28)26-27(21)18-4-2-3-11-24-18/h2-8,11,15-17H,9-10,12,22H2,1H3,(H2,23,28)/t15-,16+,17+/m0/s1. The monoisotopic (exact) mass is 392 g/mol. The summed E-state index contributed by atoms with van der Waals surface area (Å²) in [6.07, 6.45) is 4.27. The number of pyridine rings is 1. The Morgan fingerprint density at radius 1 is 1.17 bits per heavy atom. The van der Waals surface area contributed by atoms with Gasteiger partial charge in [0.05, 0.1) is 6.10 Å². The predicted molar refractivity (Wildman–Crippen MR) is 108 cm³/mol. The molecule has 1 fully saturated rings. The molecule has 0 saturated heterocycles. The minimum atomic E-state index is -0.464. The highest BCUT2D eigenvalue weighted by Gasteiger charge is 2.32. The summed E-state index contributed by atoms with van der Waals surface area (Å²) in [6, 6.07) is 12.7. The molecule has 1 aromatic carbocycles. The van der Waals surface area contributed by atoms with Crippen LogP contribution in [0.4, 0.5) is 0 Å². The van der Waals surface area contributed by atoms with E-state index in [1.807, 2.05) is 18.2 Å². The van der Waals surface area contributed by atoms with Gasteiger partial charge in [0.25, 0.3) is 0 Å². The van der Waals surface area contributed by atoms with E-state index in [1.54, 1.807) is 42.3 Å². The van der Waals surface area contributed by atoms with Crippen molar-refractivity contribution in [3.63, 3.8) is 0 Å². The summed E-state index contributed by atoms with van der Waals surface area (Å²) in [5.74, 6) is 1.82. The lowest BCUT2D eigenvalue weighted by Gasteiger charge is -2.32. The topological polar surface area (TPSA) is 122 Å². The van der Waals surface area contributed by atoms with Crippen molar-refractivity contribution in [3.8, 4) is 17.2 Å². The van der Waals surface area contributed by atoms with E-state index in [4.69, 9.17) is 26.3 Å². The van der Waals surface area contributed by atoms with Crippen molar-refractivity contribution >= 4 is 5.91 Å². The maximum absolute atomic E-state index is 11.3. The lowest BCUT2D eigenvalue weighted by Crippen LogP contribution is -2.41. The molecule has 1 amide bonds. The highest BCUT2D eigenvalue weighted by atomic mass is 16.5. The average Bonchev–Trinajstić information content (AvgIpc) is 3.20. The largest absolute Gasteiger partial charge is 0.380 e. The van der Waals surface area contributed by atoms with Crippen molar-refractivity contribution in [1.29, 1.82) is 0 Å². The van der Waals surface area contributed by atoms with E-state index in [-0.39, 0.29) is 18.1 Å². The molecular formula is C21H24N6O2. The summed E-state index contributed by atoms with van der Waals surface area (Å²) in [5.41, 5.74) is 12.8. The van der Waals surface area contributed by atoms with Crippen LogP contribution in [0.2, 0.25) is 0 Å². The molecule has 0 radical (unpaired) electrons. The number of nitrogens with zero attached hydrogens (tertiary/aromatic N) is 4. The number of primary amides is 1. The molecule has 0 bridgehead atoms. The Labute approximate surface area is 168 Å². The van der Waals surface area contributed by atoms with E-state index in [1.165, 1.54) is 0 Å². The molecule has 8 heteroatoms. The maximum Gasteiger partial charge on any atom is 0.248 e. The quantitative estimate of drug-likeness (QED) is 0.685. The SMILES string of the molecule is CO[C@@H]1C[C@@H](c2nc(-c3ccc(C(N)=O)cc3)nn2-c2ccccn2)CC[C@H]1N. The van der Waals surface area contributed by atoms with E-state index in [2.05, 4.69) is 4.98 Å².